The number of carbonyl (C=O) groups is 2. The zero-order valence-corrected chi connectivity index (χ0v) is 14.3. The lowest BCUT2D eigenvalue weighted by Gasteiger charge is -2.32. The molecule has 1 aromatic rings. The Hall–Kier alpha value is -1.70. The maximum Gasteiger partial charge on any atom is 0.251 e. The van der Waals surface area contributed by atoms with Gasteiger partial charge in [-0.25, -0.2) is 4.39 Å². The fourth-order valence-corrected chi connectivity index (χ4v) is 2.42. The summed E-state index contributed by atoms with van der Waals surface area (Å²) in [5.74, 6) is -1.13. The second-order valence-electron chi connectivity index (χ2n) is 5.71. The van der Waals surface area contributed by atoms with Gasteiger partial charge in [0.15, 0.2) is 0 Å². The smallest absolute Gasteiger partial charge is 0.251 e. The Kier molecular flexibility index (Phi) is 6.53. The van der Waals surface area contributed by atoms with Crippen LogP contribution >= 0.6 is 11.6 Å². The van der Waals surface area contributed by atoms with Crippen LogP contribution in [-0.4, -0.2) is 62.8 Å². The number of nitrogens with one attached hydrogen (secondary N) is 1. The predicted molar refractivity (Wildman–Crippen MR) is 86.5 cm³/mol. The Balaban J connectivity index is 1.98. The van der Waals surface area contributed by atoms with Gasteiger partial charge in [0.25, 0.3) is 5.91 Å². The van der Waals surface area contributed by atoms with Crippen molar-refractivity contribution in [3.8, 4) is 0 Å². The van der Waals surface area contributed by atoms with Crippen LogP contribution in [0.25, 0.3) is 0 Å². The Morgan fingerprint density at radius 1 is 1.46 bits per heavy atom. The molecular formula is C16H20ClFN2O4. The van der Waals surface area contributed by atoms with E-state index in [0.29, 0.717) is 13.0 Å². The van der Waals surface area contributed by atoms with Crippen molar-refractivity contribution in [2.24, 2.45) is 0 Å². The van der Waals surface area contributed by atoms with E-state index in [1.54, 1.807) is 14.1 Å². The van der Waals surface area contributed by atoms with E-state index in [0.717, 1.165) is 6.07 Å². The van der Waals surface area contributed by atoms with Gasteiger partial charge in [0, 0.05) is 26.3 Å². The monoisotopic (exact) mass is 358 g/mol. The van der Waals surface area contributed by atoms with E-state index in [9.17, 15) is 14.0 Å². The number of ether oxygens (including phenoxy) is 2. The topological polar surface area (TPSA) is 67.9 Å². The van der Waals surface area contributed by atoms with Crippen LogP contribution in [-0.2, 0) is 14.3 Å². The molecular weight excluding hydrogens is 339 g/mol. The van der Waals surface area contributed by atoms with Gasteiger partial charge in [-0.15, -0.1) is 0 Å². The number of halogens is 2. The largest absolute Gasteiger partial charge is 0.379 e. The summed E-state index contributed by atoms with van der Waals surface area (Å²) in [6.45, 7) is 0.683. The minimum absolute atomic E-state index is 0.0875. The van der Waals surface area contributed by atoms with Gasteiger partial charge < -0.3 is 19.7 Å². The molecule has 2 atom stereocenters. The van der Waals surface area contributed by atoms with Crippen molar-refractivity contribution in [2.75, 3.05) is 33.9 Å². The zero-order chi connectivity index (χ0) is 17.7. The van der Waals surface area contributed by atoms with Crippen LogP contribution in [0.5, 0.6) is 0 Å². The molecule has 2 rings (SSSR count). The van der Waals surface area contributed by atoms with E-state index >= 15 is 0 Å². The first kappa shape index (κ1) is 18.6. The third-order valence-corrected chi connectivity index (χ3v) is 4.01. The molecule has 1 aliphatic heterocycles. The lowest BCUT2D eigenvalue weighted by atomic mass is 10.1. The third-order valence-electron chi connectivity index (χ3n) is 3.72. The second-order valence-corrected chi connectivity index (χ2v) is 6.12. The number of amides is 2. The van der Waals surface area contributed by atoms with Crippen LogP contribution in [0.3, 0.4) is 0 Å². The van der Waals surface area contributed by atoms with Crippen molar-refractivity contribution < 1.29 is 23.5 Å². The van der Waals surface area contributed by atoms with Crippen LogP contribution < -0.4 is 5.32 Å². The first-order valence-corrected chi connectivity index (χ1v) is 7.91. The number of likely N-dealkylation sites (N-methyl/N-ethyl adjacent to an activating group) is 1. The Bertz CT molecular complexity index is 612. The molecule has 0 radical (unpaired) electrons. The van der Waals surface area contributed by atoms with E-state index in [1.165, 1.54) is 17.0 Å². The minimum atomic E-state index is -0.581. The van der Waals surface area contributed by atoms with Crippen LogP contribution in [0, 0.1) is 5.82 Å². The van der Waals surface area contributed by atoms with E-state index in [1.807, 2.05) is 0 Å². The van der Waals surface area contributed by atoms with E-state index in [2.05, 4.69) is 5.32 Å². The summed E-state index contributed by atoms with van der Waals surface area (Å²) in [6, 6.07) is 3.48. The fraction of sp³-hybridized carbons (Fsp3) is 0.500. The molecule has 0 aromatic heterocycles. The summed E-state index contributed by atoms with van der Waals surface area (Å²) in [6.07, 6.45) is 0.129. The maximum atomic E-state index is 13.2. The molecule has 132 valence electrons. The first-order valence-electron chi connectivity index (χ1n) is 7.54. The highest BCUT2D eigenvalue weighted by Gasteiger charge is 2.29. The molecule has 2 unspecified atom stereocenters. The summed E-state index contributed by atoms with van der Waals surface area (Å²) in [5, 5.41) is 2.72. The lowest BCUT2D eigenvalue weighted by Crippen LogP contribution is -2.50. The van der Waals surface area contributed by atoms with E-state index < -0.39 is 11.9 Å². The number of nitrogens with zero attached hydrogens (tertiary/aromatic N) is 1. The summed E-state index contributed by atoms with van der Waals surface area (Å²) in [4.78, 5) is 25.4. The third kappa shape index (κ3) is 4.90. The van der Waals surface area contributed by atoms with Crippen LogP contribution in [0.15, 0.2) is 18.2 Å². The van der Waals surface area contributed by atoms with Crippen molar-refractivity contribution in [3.63, 3.8) is 0 Å². The fourth-order valence-electron chi connectivity index (χ4n) is 2.24. The molecule has 0 bridgehead atoms. The highest BCUT2D eigenvalue weighted by Crippen LogP contribution is 2.17. The Labute approximate surface area is 144 Å². The highest BCUT2D eigenvalue weighted by atomic mass is 35.5. The van der Waals surface area contributed by atoms with Gasteiger partial charge >= 0.3 is 0 Å². The number of hydrogen-bond acceptors (Lipinski definition) is 4. The summed E-state index contributed by atoms with van der Waals surface area (Å²) in [5.41, 5.74) is 0.260. The Morgan fingerprint density at radius 3 is 2.88 bits per heavy atom. The molecule has 24 heavy (non-hydrogen) atoms. The van der Waals surface area contributed by atoms with E-state index in [4.69, 9.17) is 21.1 Å². The van der Waals surface area contributed by atoms with Gasteiger partial charge in [-0.1, -0.05) is 11.6 Å². The molecule has 0 spiro atoms. The van der Waals surface area contributed by atoms with Gasteiger partial charge in [0.05, 0.1) is 17.7 Å². The predicted octanol–water partition coefficient (Wildman–Crippen LogP) is 1.47. The normalized spacial score (nSPS) is 20.5. The average Bonchev–Trinajstić information content (AvgIpc) is 2.56. The van der Waals surface area contributed by atoms with Gasteiger partial charge in [-0.2, -0.15) is 0 Å². The maximum absolute atomic E-state index is 13.2. The molecule has 8 heteroatoms. The highest BCUT2D eigenvalue weighted by molar-refractivity contribution is 6.31. The van der Waals surface area contributed by atoms with Crippen molar-refractivity contribution in [1.29, 1.82) is 0 Å². The molecule has 1 aromatic carbocycles. The molecule has 1 fully saturated rings. The molecule has 2 amide bonds. The number of rotatable bonds is 5. The quantitative estimate of drug-likeness (QED) is 0.865. The summed E-state index contributed by atoms with van der Waals surface area (Å²) < 4.78 is 24.1. The number of hydrogen-bond donors (Lipinski definition) is 1. The van der Waals surface area contributed by atoms with Crippen LogP contribution in [0.1, 0.15) is 16.8 Å². The molecule has 1 heterocycles. The molecule has 1 N–H and O–H groups in total. The minimum Gasteiger partial charge on any atom is -0.379 e. The average molecular weight is 359 g/mol. The van der Waals surface area contributed by atoms with Crippen molar-refractivity contribution in [2.45, 2.75) is 18.6 Å². The van der Waals surface area contributed by atoms with Gasteiger partial charge in [0.1, 0.15) is 18.5 Å². The number of benzene rings is 1. The summed E-state index contributed by atoms with van der Waals surface area (Å²) >= 11 is 5.70. The van der Waals surface area contributed by atoms with Gasteiger partial charge in [-0.3, -0.25) is 9.59 Å². The number of carbonyl (C=O) groups excluding carboxylic acids is 2. The molecule has 0 saturated carbocycles. The lowest BCUT2D eigenvalue weighted by molar-refractivity contribution is -0.140. The summed E-state index contributed by atoms with van der Waals surface area (Å²) in [7, 11) is 3.28. The SMILES string of the molecule is CN(C)C(=O)COC1COCCC1NC(=O)c1ccc(F)c(Cl)c1. The van der Waals surface area contributed by atoms with Gasteiger partial charge in [-0.05, 0) is 24.6 Å². The van der Waals surface area contributed by atoms with Crippen molar-refractivity contribution in [1.82, 2.24) is 10.2 Å². The van der Waals surface area contributed by atoms with Gasteiger partial charge in [0.2, 0.25) is 5.91 Å². The molecule has 1 aliphatic rings. The molecule has 0 aliphatic carbocycles. The van der Waals surface area contributed by atoms with Crippen LogP contribution in [0.4, 0.5) is 4.39 Å². The first-order chi connectivity index (χ1) is 11.4. The molecule has 6 nitrogen and oxygen atoms in total. The molecule has 1 saturated heterocycles. The van der Waals surface area contributed by atoms with E-state index in [-0.39, 0.29) is 41.7 Å². The van der Waals surface area contributed by atoms with Crippen molar-refractivity contribution >= 4 is 23.4 Å². The van der Waals surface area contributed by atoms with Crippen molar-refractivity contribution in [3.05, 3.63) is 34.6 Å². The zero-order valence-electron chi connectivity index (χ0n) is 13.6. The second kappa shape index (κ2) is 8.41. The standard InChI is InChI=1S/C16H20ClFN2O4/c1-20(2)15(21)9-24-14-8-23-6-5-13(14)19-16(22)10-3-4-12(18)11(17)7-10/h3-4,7,13-14H,5-6,8-9H2,1-2H3,(H,19,22). The Morgan fingerprint density at radius 2 is 2.21 bits per heavy atom. The van der Waals surface area contributed by atoms with Crippen LogP contribution in [0.2, 0.25) is 5.02 Å².